The summed E-state index contributed by atoms with van der Waals surface area (Å²) >= 11 is 0. The van der Waals surface area contributed by atoms with E-state index < -0.39 is 11.9 Å². The smallest absolute Gasteiger partial charge is 0.261 e. The molecule has 1 aliphatic carbocycles. The molecule has 1 fully saturated rings. The topological polar surface area (TPSA) is 55.1 Å². The molecule has 0 radical (unpaired) electrons. The first-order valence-electron chi connectivity index (χ1n) is 7.46. The summed E-state index contributed by atoms with van der Waals surface area (Å²) in [6.07, 6.45) is 6.39. The number of rotatable bonds is 4. The van der Waals surface area contributed by atoms with E-state index in [1.54, 1.807) is 0 Å². The summed E-state index contributed by atoms with van der Waals surface area (Å²) in [5.74, 6) is 0.159. The van der Waals surface area contributed by atoms with Crippen molar-refractivity contribution in [2.75, 3.05) is 0 Å². The molecule has 4 nitrogen and oxygen atoms in total. The molecule has 0 bridgehead atoms. The first-order chi connectivity index (χ1) is 10.1. The Hall–Kier alpha value is -1.75. The summed E-state index contributed by atoms with van der Waals surface area (Å²) in [5, 5.41) is 10.5. The van der Waals surface area contributed by atoms with Crippen LogP contribution in [0.25, 0.3) is 10.9 Å². The van der Waals surface area contributed by atoms with Gasteiger partial charge in [-0.05, 0) is 24.5 Å². The lowest BCUT2D eigenvalue weighted by Gasteiger charge is -2.16. The quantitative estimate of drug-likeness (QED) is 0.941. The number of benzene rings is 1. The van der Waals surface area contributed by atoms with Crippen LogP contribution in [0.15, 0.2) is 29.3 Å². The molecule has 1 heterocycles. The van der Waals surface area contributed by atoms with Crippen molar-refractivity contribution < 1.29 is 9.50 Å². The molecule has 1 N–H and O–H groups in total. The van der Waals surface area contributed by atoms with Crippen LogP contribution in [0.2, 0.25) is 0 Å². The van der Waals surface area contributed by atoms with Crippen LogP contribution < -0.4 is 5.56 Å². The molecular weight excluding hydrogens is 271 g/mol. The lowest BCUT2D eigenvalue weighted by atomic mass is 10.00. The second-order valence-electron chi connectivity index (χ2n) is 5.90. The Labute approximate surface area is 122 Å². The van der Waals surface area contributed by atoms with Gasteiger partial charge in [0.2, 0.25) is 0 Å². The van der Waals surface area contributed by atoms with E-state index in [1.165, 1.54) is 54.8 Å². The molecule has 1 atom stereocenters. The number of halogens is 1. The van der Waals surface area contributed by atoms with Crippen molar-refractivity contribution in [3.8, 4) is 0 Å². The Morgan fingerprint density at radius 1 is 1.38 bits per heavy atom. The fraction of sp³-hybridized carbons (Fsp3) is 0.500. The van der Waals surface area contributed by atoms with Gasteiger partial charge in [0.1, 0.15) is 5.82 Å². The molecule has 1 aliphatic rings. The van der Waals surface area contributed by atoms with Crippen LogP contribution in [0, 0.1) is 11.7 Å². The predicted molar refractivity (Wildman–Crippen MR) is 78.5 cm³/mol. The van der Waals surface area contributed by atoms with Crippen LogP contribution >= 0.6 is 0 Å². The van der Waals surface area contributed by atoms with Crippen molar-refractivity contribution in [2.24, 2.45) is 5.92 Å². The summed E-state index contributed by atoms with van der Waals surface area (Å²) in [6, 6.07) is 3.95. The maximum atomic E-state index is 13.1. The van der Waals surface area contributed by atoms with Crippen LogP contribution in [0.5, 0.6) is 0 Å². The molecule has 112 valence electrons. The van der Waals surface area contributed by atoms with Crippen LogP contribution in [0.1, 0.15) is 32.1 Å². The highest BCUT2D eigenvalue weighted by Gasteiger charge is 2.19. The normalized spacial score (nSPS) is 17.4. The van der Waals surface area contributed by atoms with Crippen molar-refractivity contribution in [3.05, 3.63) is 40.7 Å². The minimum Gasteiger partial charge on any atom is -0.391 e. The standard InChI is InChI=1S/C16H19FN2O2/c17-12-5-6-14-15(8-12)18-10-19(16(14)21)9-13(20)7-11-3-1-2-4-11/h5-6,8,10-11,13,20H,1-4,7,9H2/t13-/m0/s1. The molecule has 5 heteroatoms. The maximum Gasteiger partial charge on any atom is 0.261 e. The molecule has 21 heavy (non-hydrogen) atoms. The van der Waals surface area contributed by atoms with Gasteiger partial charge in [-0.3, -0.25) is 9.36 Å². The molecule has 0 unspecified atom stereocenters. The van der Waals surface area contributed by atoms with Crippen molar-refractivity contribution in [1.29, 1.82) is 0 Å². The molecule has 3 rings (SSSR count). The molecule has 1 aromatic carbocycles. The number of fused-ring (bicyclic) bond motifs is 1. The molecular formula is C16H19FN2O2. The SMILES string of the molecule is O=c1c2ccc(F)cc2ncn1C[C@@H](O)CC1CCCC1. The summed E-state index contributed by atoms with van der Waals surface area (Å²) in [4.78, 5) is 16.4. The number of hydrogen-bond donors (Lipinski definition) is 1. The monoisotopic (exact) mass is 290 g/mol. The highest BCUT2D eigenvalue weighted by molar-refractivity contribution is 5.77. The molecule has 0 amide bonds. The lowest BCUT2D eigenvalue weighted by Crippen LogP contribution is -2.28. The number of aliphatic hydroxyl groups excluding tert-OH is 1. The van der Waals surface area contributed by atoms with Crippen molar-refractivity contribution in [3.63, 3.8) is 0 Å². The minimum absolute atomic E-state index is 0.231. The van der Waals surface area contributed by atoms with Crippen LogP contribution in [0.3, 0.4) is 0 Å². The zero-order chi connectivity index (χ0) is 14.8. The molecule has 0 spiro atoms. The second kappa shape index (κ2) is 5.93. The molecule has 0 saturated heterocycles. The van der Waals surface area contributed by atoms with Gasteiger partial charge in [0, 0.05) is 6.07 Å². The molecule has 1 aromatic heterocycles. The van der Waals surface area contributed by atoms with Gasteiger partial charge in [0.05, 0.1) is 29.9 Å². The Kier molecular flexibility index (Phi) is 4.01. The lowest BCUT2D eigenvalue weighted by molar-refractivity contribution is 0.123. The van der Waals surface area contributed by atoms with E-state index >= 15 is 0 Å². The van der Waals surface area contributed by atoms with Gasteiger partial charge >= 0.3 is 0 Å². The number of aromatic nitrogens is 2. The zero-order valence-electron chi connectivity index (χ0n) is 11.8. The molecule has 0 aliphatic heterocycles. The van der Waals surface area contributed by atoms with E-state index in [-0.39, 0.29) is 12.1 Å². The van der Waals surface area contributed by atoms with Crippen molar-refractivity contribution in [1.82, 2.24) is 9.55 Å². The fourth-order valence-electron chi connectivity index (χ4n) is 3.19. The molecule has 1 saturated carbocycles. The van der Waals surface area contributed by atoms with Gasteiger partial charge in [-0.25, -0.2) is 9.37 Å². The van der Waals surface area contributed by atoms with Crippen molar-refractivity contribution >= 4 is 10.9 Å². The third-order valence-corrected chi connectivity index (χ3v) is 4.27. The van der Waals surface area contributed by atoms with Gasteiger partial charge in [-0.1, -0.05) is 25.7 Å². The first-order valence-corrected chi connectivity index (χ1v) is 7.46. The largest absolute Gasteiger partial charge is 0.391 e. The Morgan fingerprint density at radius 2 is 2.14 bits per heavy atom. The fourth-order valence-corrected chi connectivity index (χ4v) is 3.19. The van der Waals surface area contributed by atoms with Gasteiger partial charge in [-0.15, -0.1) is 0 Å². The Morgan fingerprint density at radius 3 is 2.90 bits per heavy atom. The van der Waals surface area contributed by atoms with Crippen LogP contribution in [-0.4, -0.2) is 20.8 Å². The van der Waals surface area contributed by atoms with Gasteiger partial charge in [-0.2, -0.15) is 0 Å². The summed E-state index contributed by atoms with van der Waals surface area (Å²) in [6.45, 7) is 0.246. The van der Waals surface area contributed by atoms with E-state index in [2.05, 4.69) is 4.98 Å². The molecule has 2 aromatic rings. The number of hydrogen-bond acceptors (Lipinski definition) is 3. The minimum atomic E-state index is -0.537. The van der Waals surface area contributed by atoms with Crippen LogP contribution in [0.4, 0.5) is 4.39 Å². The highest BCUT2D eigenvalue weighted by atomic mass is 19.1. The first kappa shape index (κ1) is 14.2. The zero-order valence-corrected chi connectivity index (χ0v) is 11.8. The van der Waals surface area contributed by atoms with E-state index in [4.69, 9.17) is 0 Å². The number of nitrogens with zero attached hydrogens (tertiary/aromatic N) is 2. The van der Waals surface area contributed by atoms with E-state index in [9.17, 15) is 14.3 Å². The van der Waals surface area contributed by atoms with Gasteiger partial charge in [0.15, 0.2) is 0 Å². The van der Waals surface area contributed by atoms with E-state index in [0.29, 0.717) is 16.8 Å². The maximum absolute atomic E-state index is 13.1. The van der Waals surface area contributed by atoms with E-state index in [1.807, 2.05) is 0 Å². The average Bonchev–Trinajstić information content (AvgIpc) is 2.94. The van der Waals surface area contributed by atoms with E-state index in [0.717, 1.165) is 6.42 Å². The van der Waals surface area contributed by atoms with Crippen LogP contribution in [-0.2, 0) is 6.54 Å². The highest BCUT2D eigenvalue weighted by Crippen LogP contribution is 2.28. The number of aliphatic hydroxyl groups is 1. The third-order valence-electron chi connectivity index (χ3n) is 4.27. The third kappa shape index (κ3) is 3.13. The van der Waals surface area contributed by atoms with Gasteiger partial charge in [0.25, 0.3) is 5.56 Å². The second-order valence-corrected chi connectivity index (χ2v) is 5.90. The summed E-state index contributed by atoms with van der Waals surface area (Å²) < 4.78 is 14.5. The Bertz CT molecular complexity index is 692. The van der Waals surface area contributed by atoms with Crippen molar-refractivity contribution in [2.45, 2.75) is 44.8 Å². The van der Waals surface area contributed by atoms with Gasteiger partial charge < -0.3 is 5.11 Å². The average molecular weight is 290 g/mol. The summed E-state index contributed by atoms with van der Waals surface area (Å²) in [7, 11) is 0. The Balaban J connectivity index is 1.78. The summed E-state index contributed by atoms with van der Waals surface area (Å²) in [5.41, 5.74) is 0.118. The predicted octanol–water partition coefficient (Wildman–Crippen LogP) is 2.48.